The predicted molar refractivity (Wildman–Crippen MR) is 145 cm³/mol. The van der Waals surface area contributed by atoms with E-state index in [0.29, 0.717) is 0 Å². The molecule has 3 rings (SSSR count). The maximum Gasteiger partial charge on any atom is 0.119 e. The Morgan fingerprint density at radius 3 is 1.73 bits per heavy atom. The molecule has 0 atom stereocenters. The van der Waals surface area contributed by atoms with Gasteiger partial charge >= 0.3 is 0 Å². The van der Waals surface area contributed by atoms with E-state index in [4.69, 9.17) is 4.74 Å². The zero-order valence-corrected chi connectivity index (χ0v) is 22.4. The monoisotopic (exact) mass is 454 g/mol. The Bertz CT molecular complexity index is 634. The van der Waals surface area contributed by atoms with Crippen LogP contribution in [0, 0.1) is 11.8 Å². The van der Waals surface area contributed by atoms with Gasteiger partial charge in [0.25, 0.3) is 0 Å². The topological polar surface area (TPSA) is 9.23 Å². The Balaban J connectivity index is 1.61. The first kappa shape index (κ1) is 26.6. The lowest BCUT2D eigenvalue weighted by atomic mass is 9.71. The van der Waals surface area contributed by atoms with Crippen molar-refractivity contribution in [1.29, 1.82) is 0 Å². The highest BCUT2D eigenvalue weighted by Gasteiger charge is 2.29. The van der Waals surface area contributed by atoms with Crippen molar-refractivity contribution in [2.24, 2.45) is 11.8 Å². The molecule has 0 N–H and O–H groups in total. The van der Waals surface area contributed by atoms with Crippen LogP contribution in [-0.2, 0) is 0 Å². The van der Waals surface area contributed by atoms with Crippen LogP contribution in [0.25, 0.3) is 0 Å². The first-order valence-electron chi connectivity index (χ1n) is 15.0. The summed E-state index contributed by atoms with van der Waals surface area (Å²) in [6, 6.07) is 7.21. The molecule has 188 valence electrons. The molecule has 0 aromatic heterocycles. The molecule has 1 nitrogen and oxygen atoms in total. The Morgan fingerprint density at radius 1 is 0.606 bits per heavy atom. The minimum absolute atomic E-state index is 0.763. The second kappa shape index (κ2) is 15.1. The Morgan fingerprint density at radius 2 is 1.15 bits per heavy atom. The molecule has 2 saturated carbocycles. The van der Waals surface area contributed by atoms with Crippen LogP contribution >= 0.6 is 0 Å². The molecule has 2 aliphatic carbocycles. The van der Waals surface area contributed by atoms with E-state index in [2.05, 4.69) is 39.0 Å². The molecule has 1 aromatic carbocycles. The average Bonchev–Trinajstić information content (AvgIpc) is 2.86. The third-order valence-corrected chi connectivity index (χ3v) is 8.79. The van der Waals surface area contributed by atoms with Gasteiger partial charge in [0.05, 0.1) is 6.61 Å². The van der Waals surface area contributed by atoms with Crippen molar-refractivity contribution in [3.05, 3.63) is 29.3 Å². The molecule has 0 saturated heterocycles. The third-order valence-electron chi connectivity index (χ3n) is 8.79. The van der Waals surface area contributed by atoms with Crippen LogP contribution in [0.4, 0.5) is 0 Å². The molecule has 0 heterocycles. The number of hydrogen-bond donors (Lipinski definition) is 0. The van der Waals surface area contributed by atoms with E-state index in [0.717, 1.165) is 42.4 Å². The molecule has 1 heteroatoms. The molecular weight excluding hydrogens is 400 g/mol. The van der Waals surface area contributed by atoms with E-state index in [-0.39, 0.29) is 0 Å². The normalized spacial score (nSPS) is 25.8. The molecule has 2 aliphatic rings. The maximum atomic E-state index is 6.10. The summed E-state index contributed by atoms with van der Waals surface area (Å²) in [5.74, 6) is 4.64. The van der Waals surface area contributed by atoms with Crippen molar-refractivity contribution in [1.82, 2.24) is 0 Å². The van der Waals surface area contributed by atoms with Gasteiger partial charge in [-0.25, -0.2) is 0 Å². The second-order valence-electron chi connectivity index (χ2n) is 11.4. The van der Waals surface area contributed by atoms with Crippen LogP contribution < -0.4 is 4.74 Å². The highest BCUT2D eigenvalue weighted by molar-refractivity contribution is 5.40. The van der Waals surface area contributed by atoms with E-state index in [1.165, 1.54) is 109 Å². The van der Waals surface area contributed by atoms with E-state index in [9.17, 15) is 0 Å². The van der Waals surface area contributed by atoms with Gasteiger partial charge in [-0.15, -0.1) is 0 Å². The van der Waals surface area contributed by atoms with Crippen LogP contribution in [0.3, 0.4) is 0 Å². The molecule has 33 heavy (non-hydrogen) atoms. The van der Waals surface area contributed by atoms with Crippen LogP contribution in [0.5, 0.6) is 5.75 Å². The van der Waals surface area contributed by atoms with Crippen molar-refractivity contribution < 1.29 is 4.74 Å². The number of benzene rings is 1. The molecular formula is C32H54O. The standard InChI is InChI=1S/C32H54O/c1-4-7-9-11-13-27-14-18-28(19-15-27)31-23-22-30(33-24-6-3)25-32(31)29-20-16-26(17-21-29)12-10-8-5-2/h22-23,25-29H,4-21,24H2,1-3H3. The van der Waals surface area contributed by atoms with Crippen molar-refractivity contribution in [3.8, 4) is 5.75 Å². The molecule has 0 unspecified atom stereocenters. The number of rotatable bonds is 14. The van der Waals surface area contributed by atoms with Crippen LogP contribution in [0.15, 0.2) is 18.2 Å². The number of ether oxygens (including phenoxy) is 1. The summed E-state index contributed by atoms with van der Waals surface area (Å²) in [5.41, 5.74) is 3.36. The smallest absolute Gasteiger partial charge is 0.119 e. The zero-order valence-electron chi connectivity index (χ0n) is 22.4. The van der Waals surface area contributed by atoms with Gasteiger partial charge in [0, 0.05) is 0 Å². The summed E-state index contributed by atoms with van der Waals surface area (Å²) < 4.78 is 6.10. The predicted octanol–water partition coefficient (Wildman–Crippen LogP) is 10.6. The lowest BCUT2D eigenvalue weighted by Gasteiger charge is -2.34. The molecule has 0 radical (unpaired) electrons. The summed E-state index contributed by atoms with van der Waals surface area (Å²) in [4.78, 5) is 0. The fraction of sp³-hybridized carbons (Fsp3) is 0.812. The first-order chi connectivity index (χ1) is 16.2. The fourth-order valence-electron chi connectivity index (χ4n) is 6.65. The van der Waals surface area contributed by atoms with E-state index >= 15 is 0 Å². The van der Waals surface area contributed by atoms with Gasteiger partial charge in [0.2, 0.25) is 0 Å². The van der Waals surface area contributed by atoms with E-state index in [1.807, 2.05) is 0 Å². The van der Waals surface area contributed by atoms with Crippen molar-refractivity contribution in [3.63, 3.8) is 0 Å². The largest absolute Gasteiger partial charge is 0.494 e. The summed E-state index contributed by atoms with van der Waals surface area (Å²) in [6.45, 7) is 7.69. The Hall–Kier alpha value is -0.980. The Labute approximate surface area is 206 Å². The highest BCUT2D eigenvalue weighted by Crippen LogP contribution is 2.45. The average molecular weight is 455 g/mol. The van der Waals surface area contributed by atoms with Crippen LogP contribution in [0.2, 0.25) is 0 Å². The fourth-order valence-corrected chi connectivity index (χ4v) is 6.65. The zero-order chi connectivity index (χ0) is 23.3. The molecule has 0 aliphatic heterocycles. The van der Waals surface area contributed by atoms with Crippen LogP contribution in [-0.4, -0.2) is 6.61 Å². The SMILES string of the molecule is CCCCCCC1CCC(c2ccc(OCCC)cc2C2CCC(CCCCC)CC2)CC1. The van der Waals surface area contributed by atoms with Crippen LogP contribution in [0.1, 0.15) is 159 Å². The van der Waals surface area contributed by atoms with E-state index < -0.39 is 0 Å². The quantitative estimate of drug-likeness (QED) is 0.254. The second-order valence-corrected chi connectivity index (χ2v) is 11.4. The number of hydrogen-bond acceptors (Lipinski definition) is 1. The summed E-state index contributed by atoms with van der Waals surface area (Å²) in [5, 5.41) is 0. The molecule has 0 amide bonds. The molecule has 0 bridgehead atoms. The van der Waals surface area contributed by atoms with Gasteiger partial charge in [0.1, 0.15) is 5.75 Å². The lowest BCUT2D eigenvalue weighted by molar-refractivity contribution is 0.288. The first-order valence-corrected chi connectivity index (χ1v) is 15.0. The molecule has 2 fully saturated rings. The lowest BCUT2D eigenvalue weighted by Crippen LogP contribution is -2.18. The minimum atomic E-state index is 0.763. The van der Waals surface area contributed by atoms with Gasteiger partial charge < -0.3 is 4.74 Å². The number of unbranched alkanes of at least 4 members (excludes halogenated alkanes) is 5. The molecule has 1 aromatic rings. The van der Waals surface area contributed by atoms with Gasteiger partial charge in [-0.05, 0) is 105 Å². The molecule has 0 spiro atoms. The van der Waals surface area contributed by atoms with Gasteiger partial charge in [-0.3, -0.25) is 0 Å². The summed E-state index contributed by atoms with van der Waals surface area (Å²) in [6.07, 6.45) is 25.3. The van der Waals surface area contributed by atoms with Gasteiger partial charge in [0.15, 0.2) is 0 Å². The third kappa shape index (κ3) is 8.63. The summed E-state index contributed by atoms with van der Waals surface area (Å²) >= 11 is 0. The van der Waals surface area contributed by atoms with Gasteiger partial charge in [-0.2, -0.15) is 0 Å². The summed E-state index contributed by atoms with van der Waals surface area (Å²) in [7, 11) is 0. The highest BCUT2D eigenvalue weighted by atomic mass is 16.5. The maximum absolute atomic E-state index is 6.10. The van der Waals surface area contributed by atoms with Crippen molar-refractivity contribution in [2.45, 2.75) is 148 Å². The van der Waals surface area contributed by atoms with Gasteiger partial charge in [-0.1, -0.05) is 84.6 Å². The minimum Gasteiger partial charge on any atom is -0.494 e. The van der Waals surface area contributed by atoms with Crippen molar-refractivity contribution in [2.75, 3.05) is 6.61 Å². The van der Waals surface area contributed by atoms with E-state index in [1.54, 1.807) is 11.1 Å². The Kier molecular flexibility index (Phi) is 12.2. The van der Waals surface area contributed by atoms with Crippen molar-refractivity contribution >= 4 is 0 Å².